The second kappa shape index (κ2) is 14.2. The predicted molar refractivity (Wildman–Crippen MR) is 132 cm³/mol. The molecule has 0 heterocycles. The molecule has 0 radical (unpaired) electrons. The van der Waals surface area contributed by atoms with Crippen molar-refractivity contribution in [2.24, 2.45) is 5.41 Å². The number of benzene rings is 2. The molecule has 1 N–H and O–H groups in total. The smallest absolute Gasteiger partial charge is 0.373 e. The van der Waals surface area contributed by atoms with Crippen LogP contribution in [0.2, 0.25) is 5.02 Å². The van der Waals surface area contributed by atoms with Crippen LogP contribution in [-0.2, 0) is 35.8 Å². The number of phenolic OH excluding ortho intramolecular Hbond substituents is 1. The maximum atomic E-state index is 13.4. The normalized spacial score (nSPS) is 11.4. The Bertz CT molecular complexity index is 1030. The summed E-state index contributed by atoms with van der Waals surface area (Å²) < 4.78 is 0. The largest absolute Gasteiger partial charge is 0.508 e. The van der Waals surface area contributed by atoms with Gasteiger partial charge in [0.2, 0.25) is 5.91 Å². The van der Waals surface area contributed by atoms with E-state index < -0.39 is 0 Å². The summed E-state index contributed by atoms with van der Waals surface area (Å²) in [6, 6.07) is 13.0. The average Bonchev–Trinajstić information content (AvgIpc) is 2.72. The van der Waals surface area contributed by atoms with Gasteiger partial charge < -0.3 is 10.0 Å². The third kappa shape index (κ3) is 11.6. The monoisotopic (exact) mass is 503 g/mol. The molecule has 0 bridgehead atoms. The van der Waals surface area contributed by atoms with Crippen LogP contribution in [0, 0.1) is 5.41 Å². The fraction of sp³-hybridized carbons (Fsp3) is 0.444. The standard InChI is InChI=1S/C25H34ClNO2.2CO2/c1-17(21-12-11-20(28)15-22(21)26)27(16-24(2,3)4)23(29)14-18-9-8-10-19(13-18)25(5,6)7;2*2-1-3/h8-13,15,17,28H,14,16H2,1-7H3;;. The number of carbonyl (C=O) groups is 1. The van der Waals surface area contributed by atoms with Crippen LogP contribution in [0.1, 0.15) is 71.2 Å². The number of halogens is 1. The fourth-order valence-electron chi connectivity index (χ4n) is 3.40. The second-order valence-electron chi connectivity index (χ2n) is 10.3. The Morgan fingerprint density at radius 1 is 0.971 bits per heavy atom. The molecule has 1 unspecified atom stereocenters. The highest BCUT2D eigenvalue weighted by Gasteiger charge is 2.28. The van der Waals surface area contributed by atoms with Gasteiger partial charge in [-0.15, -0.1) is 0 Å². The van der Waals surface area contributed by atoms with Gasteiger partial charge in [0.05, 0.1) is 12.5 Å². The fourth-order valence-corrected chi connectivity index (χ4v) is 3.73. The van der Waals surface area contributed by atoms with Gasteiger partial charge in [-0.05, 0) is 46.6 Å². The number of aromatic hydroxyl groups is 1. The van der Waals surface area contributed by atoms with Crippen molar-refractivity contribution in [3.8, 4) is 5.75 Å². The van der Waals surface area contributed by atoms with Gasteiger partial charge in [0.25, 0.3) is 0 Å². The molecule has 0 fully saturated rings. The highest BCUT2D eigenvalue weighted by Crippen LogP contribution is 2.33. The molecule has 7 nitrogen and oxygen atoms in total. The zero-order valence-electron chi connectivity index (χ0n) is 21.3. The lowest BCUT2D eigenvalue weighted by molar-refractivity contribution is -0.193. The van der Waals surface area contributed by atoms with Gasteiger partial charge in [0, 0.05) is 11.6 Å². The molecule has 0 saturated heterocycles. The van der Waals surface area contributed by atoms with Crippen molar-refractivity contribution >= 4 is 29.8 Å². The minimum absolute atomic E-state index is 0.0387. The van der Waals surface area contributed by atoms with E-state index in [1.165, 1.54) is 11.6 Å². The Morgan fingerprint density at radius 2 is 1.51 bits per heavy atom. The van der Waals surface area contributed by atoms with Crippen molar-refractivity contribution in [3.63, 3.8) is 0 Å². The molecule has 2 rings (SSSR count). The summed E-state index contributed by atoms with van der Waals surface area (Å²) in [5, 5.41) is 10.1. The summed E-state index contributed by atoms with van der Waals surface area (Å²) in [6.07, 6.45) is 0.847. The van der Waals surface area contributed by atoms with E-state index in [-0.39, 0.29) is 40.8 Å². The van der Waals surface area contributed by atoms with Gasteiger partial charge in [0.1, 0.15) is 5.75 Å². The Balaban J connectivity index is 0.00000174. The Hall–Kier alpha value is -3.24. The molecular weight excluding hydrogens is 470 g/mol. The minimum atomic E-state index is -0.194. The van der Waals surface area contributed by atoms with E-state index in [9.17, 15) is 9.90 Å². The molecule has 0 aliphatic rings. The van der Waals surface area contributed by atoms with Gasteiger partial charge in [-0.25, -0.2) is 0 Å². The van der Waals surface area contributed by atoms with Crippen LogP contribution >= 0.6 is 11.6 Å². The third-order valence-electron chi connectivity index (χ3n) is 5.02. The summed E-state index contributed by atoms with van der Waals surface area (Å²) >= 11 is 6.38. The first-order valence-electron chi connectivity index (χ1n) is 11.0. The lowest BCUT2D eigenvalue weighted by Gasteiger charge is -2.35. The van der Waals surface area contributed by atoms with Crippen molar-refractivity contribution in [2.75, 3.05) is 6.54 Å². The molecule has 0 aliphatic heterocycles. The van der Waals surface area contributed by atoms with Crippen molar-refractivity contribution in [2.45, 2.75) is 66.3 Å². The number of nitrogens with zero attached hydrogens (tertiary/aromatic N) is 1. The van der Waals surface area contributed by atoms with E-state index in [4.69, 9.17) is 30.8 Å². The van der Waals surface area contributed by atoms with E-state index in [0.717, 1.165) is 11.1 Å². The van der Waals surface area contributed by atoms with E-state index in [1.54, 1.807) is 12.1 Å². The molecule has 190 valence electrons. The first-order valence-corrected chi connectivity index (χ1v) is 11.3. The summed E-state index contributed by atoms with van der Waals surface area (Å²) in [5.74, 6) is 0.196. The topological polar surface area (TPSA) is 109 Å². The van der Waals surface area contributed by atoms with Crippen LogP contribution in [0.4, 0.5) is 0 Å². The van der Waals surface area contributed by atoms with E-state index in [0.29, 0.717) is 18.0 Å². The molecule has 0 aromatic heterocycles. The van der Waals surface area contributed by atoms with Crippen molar-refractivity contribution in [1.82, 2.24) is 4.90 Å². The van der Waals surface area contributed by atoms with E-state index in [1.807, 2.05) is 24.0 Å². The van der Waals surface area contributed by atoms with Crippen LogP contribution < -0.4 is 0 Å². The Labute approximate surface area is 212 Å². The van der Waals surface area contributed by atoms with E-state index >= 15 is 0 Å². The molecule has 0 aliphatic carbocycles. The highest BCUT2D eigenvalue weighted by molar-refractivity contribution is 6.31. The highest BCUT2D eigenvalue weighted by atomic mass is 35.5. The van der Waals surface area contributed by atoms with Gasteiger partial charge in [-0.3, -0.25) is 4.79 Å². The molecule has 2 aromatic rings. The summed E-state index contributed by atoms with van der Waals surface area (Å²) in [4.78, 5) is 47.8. The van der Waals surface area contributed by atoms with Crippen LogP contribution in [0.15, 0.2) is 42.5 Å². The van der Waals surface area contributed by atoms with Crippen LogP contribution in [-0.4, -0.2) is 34.8 Å². The summed E-state index contributed by atoms with van der Waals surface area (Å²) in [7, 11) is 0. The molecule has 0 saturated carbocycles. The predicted octanol–water partition coefficient (Wildman–Crippen LogP) is 5.35. The molecule has 0 spiro atoms. The number of hydrogen-bond acceptors (Lipinski definition) is 6. The molecule has 1 amide bonds. The number of phenols is 1. The first-order chi connectivity index (χ1) is 16.1. The van der Waals surface area contributed by atoms with Crippen LogP contribution in [0.5, 0.6) is 5.75 Å². The van der Waals surface area contributed by atoms with Crippen molar-refractivity contribution in [3.05, 3.63) is 64.2 Å². The number of amides is 1. The molecule has 8 heteroatoms. The number of rotatable bonds is 5. The zero-order chi connectivity index (χ0) is 27.4. The Morgan fingerprint density at radius 3 is 1.97 bits per heavy atom. The van der Waals surface area contributed by atoms with Gasteiger partial charge in [0.15, 0.2) is 0 Å². The molecule has 1 atom stereocenters. The van der Waals surface area contributed by atoms with E-state index in [2.05, 4.69) is 53.7 Å². The van der Waals surface area contributed by atoms with Gasteiger partial charge in [-0.1, -0.05) is 83.5 Å². The van der Waals surface area contributed by atoms with Crippen LogP contribution in [0.3, 0.4) is 0 Å². The molecule has 35 heavy (non-hydrogen) atoms. The lowest BCUT2D eigenvalue weighted by atomic mass is 9.86. The van der Waals surface area contributed by atoms with Crippen molar-refractivity contribution in [1.29, 1.82) is 0 Å². The number of hydrogen-bond donors (Lipinski definition) is 1. The molecule has 2 aromatic carbocycles. The average molecular weight is 504 g/mol. The van der Waals surface area contributed by atoms with Crippen LogP contribution in [0.25, 0.3) is 0 Å². The quantitative estimate of drug-likeness (QED) is 0.588. The maximum Gasteiger partial charge on any atom is 0.373 e. The first kappa shape index (κ1) is 31.8. The third-order valence-corrected chi connectivity index (χ3v) is 5.34. The maximum absolute atomic E-state index is 13.4. The lowest BCUT2D eigenvalue weighted by Crippen LogP contribution is -2.40. The minimum Gasteiger partial charge on any atom is -0.508 e. The zero-order valence-corrected chi connectivity index (χ0v) is 22.1. The summed E-state index contributed by atoms with van der Waals surface area (Å²) in [5.41, 5.74) is 3.06. The SMILES string of the molecule is CC(c1ccc(O)cc1Cl)N(CC(C)(C)C)C(=O)Cc1cccc(C(C)(C)C)c1.O=C=O.O=C=O. The van der Waals surface area contributed by atoms with Gasteiger partial charge >= 0.3 is 12.3 Å². The Kier molecular flexibility index (Phi) is 12.9. The van der Waals surface area contributed by atoms with Crippen molar-refractivity contribution < 1.29 is 29.1 Å². The number of carbonyl (C=O) groups excluding carboxylic acids is 5. The van der Waals surface area contributed by atoms with Gasteiger partial charge in [-0.2, -0.15) is 19.2 Å². The second-order valence-corrected chi connectivity index (χ2v) is 10.7. The summed E-state index contributed by atoms with van der Waals surface area (Å²) in [6.45, 7) is 15.5. The molecular formula is C27H34ClNO6.